The normalized spacial score (nSPS) is 26.3. The van der Waals surface area contributed by atoms with Gasteiger partial charge in [-0.1, -0.05) is 19.8 Å². The Balaban J connectivity index is 1.86. The largest absolute Gasteiger partial charge is 0.480 e. The highest BCUT2D eigenvalue weighted by molar-refractivity contribution is 5.83. The average molecular weight is 254 g/mol. The molecule has 1 aliphatic carbocycles. The summed E-state index contributed by atoms with van der Waals surface area (Å²) in [6.45, 7) is 3.41. The maximum absolute atomic E-state index is 12.0. The molecule has 1 unspecified atom stereocenters. The van der Waals surface area contributed by atoms with Crippen molar-refractivity contribution in [1.29, 1.82) is 0 Å². The molecule has 1 atom stereocenters. The number of nitrogens with zero attached hydrogens (tertiary/aromatic N) is 1. The Labute approximate surface area is 108 Å². The maximum atomic E-state index is 12.0. The molecule has 18 heavy (non-hydrogen) atoms. The summed E-state index contributed by atoms with van der Waals surface area (Å²) in [6, 6.07) is -0.852. The third kappa shape index (κ3) is 2.76. The van der Waals surface area contributed by atoms with Gasteiger partial charge in [-0.3, -0.25) is 0 Å². The van der Waals surface area contributed by atoms with E-state index < -0.39 is 12.0 Å². The summed E-state index contributed by atoms with van der Waals surface area (Å²) in [5, 5.41) is 12.0. The van der Waals surface area contributed by atoms with E-state index in [9.17, 15) is 9.59 Å². The maximum Gasteiger partial charge on any atom is 0.326 e. The van der Waals surface area contributed by atoms with Crippen LogP contribution < -0.4 is 5.32 Å². The van der Waals surface area contributed by atoms with Gasteiger partial charge in [0.15, 0.2) is 0 Å². The van der Waals surface area contributed by atoms with Crippen LogP contribution >= 0.6 is 0 Å². The van der Waals surface area contributed by atoms with E-state index in [4.69, 9.17) is 5.11 Å². The summed E-state index contributed by atoms with van der Waals surface area (Å²) in [5.74, 6) is -0.894. The highest BCUT2D eigenvalue weighted by Crippen LogP contribution is 2.36. The summed E-state index contributed by atoms with van der Waals surface area (Å²) in [4.78, 5) is 24.5. The summed E-state index contributed by atoms with van der Waals surface area (Å²) in [7, 11) is 0. The van der Waals surface area contributed by atoms with Crippen LogP contribution in [0.15, 0.2) is 0 Å². The SMILES string of the molecule is CC1(CNC(=O)N2CCCC2C(=O)O)CCCC1. The van der Waals surface area contributed by atoms with Gasteiger partial charge in [0, 0.05) is 13.1 Å². The molecule has 5 heteroatoms. The summed E-state index contributed by atoms with van der Waals surface area (Å²) < 4.78 is 0. The topological polar surface area (TPSA) is 69.6 Å². The number of carboxylic acid groups (broad SMARTS) is 1. The molecule has 2 N–H and O–H groups in total. The standard InChI is InChI=1S/C13H22N2O3/c1-13(6-2-3-7-13)9-14-12(18)15-8-4-5-10(15)11(16)17/h10H,2-9H2,1H3,(H,14,18)(H,16,17). The fraction of sp³-hybridized carbons (Fsp3) is 0.846. The van der Waals surface area contributed by atoms with E-state index >= 15 is 0 Å². The Kier molecular flexibility index (Phi) is 3.78. The summed E-state index contributed by atoms with van der Waals surface area (Å²) in [5.41, 5.74) is 0.202. The minimum atomic E-state index is -0.894. The van der Waals surface area contributed by atoms with Crippen molar-refractivity contribution in [1.82, 2.24) is 10.2 Å². The lowest BCUT2D eigenvalue weighted by atomic mass is 9.89. The number of nitrogens with one attached hydrogen (secondary N) is 1. The summed E-state index contributed by atoms with van der Waals surface area (Å²) >= 11 is 0. The van der Waals surface area contributed by atoms with Crippen molar-refractivity contribution >= 4 is 12.0 Å². The van der Waals surface area contributed by atoms with Crippen LogP contribution in [0.25, 0.3) is 0 Å². The Hall–Kier alpha value is -1.26. The molecular formula is C13H22N2O3. The first-order valence-electron chi connectivity index (χ1n) is 6.79. The number of hydrogen-bond acceptors (Lipinski definition) is 2. The molecule has 1 saturated heterocycles. The van der Waals surface area contributed by atoms with Crippen molar-refractivity contribution in [2.75, 3.05) is 13.1 Å². The summed E-state index contributed by atoms with van der Waals surface area (Å²) in [6.07, 6.45) is 6.11. The molecule has 0 spiro atoms. The van der Waals surface area contributed by atoms with Gasteiger partial charge in [-0.05, 0) is 31.1 Å². The molecule has 0 aromatic heterocycles. The van der Waals surface area contributed by atoms with E-state index in [1.54, 1.807) is 0 Å². The van der Waals surface area contributed by atoms with Crippen LogP contribution in [0.1, 0.15) is 45.4 Å². The Morgan fingerprint density at radius 2 is 2.00 bits per heavy atom. The lowest BCUT2D eigenvalue weighted by Gasteiger charge is -2.27. The molecule has 2 fully saturated rings. The van der Waals surface area contributed by atoms with Crippen molar-refractivity contribution in [3.05, 3.63) is 0 Å². The van der Waals surface area contributed by atoms with Crippen molar-refractivity contribution in [2.45, 2.75) is 51.5 Å². The second-order valence-electron chi connectivity index (χ2n) is 5.87. The minimum Gasteiger partial charge on any atom is -0.480 e. The molecule has 1 heterocycles. The fourth-order valence-electron chi connectivity index (χ4n) is 3.06. The third-order valence-electron chi connectivity index (χ3n) is 4.28. The zero-order valence-electron chi connectivity index (χ0n) is 10.9. The van der Waals surface area contributed by atoms with E-state index in [0.29, 0.717) is 19.5 Å². The van der Waals surface area contributed by atoms with Crippen LogP contribution in [-0.4, -0.2) is 41.1 Å². The van der Waals surface area contributed by atoms with Gasteiger partial charge in [-0.25, -0.2) is 9.59 Å². The Morgan fingerprint density at radius 3 is 2.61 bits per heavy atom. The van der Waals surface area contributed by atoms with Crippen molar-refractivity contribution in [3.63, 3.8) is 0 Å². The smallest absolute Gasteiger partial charge is 0.326 e. The van der Waals surface area contributed by atoms with Gasteiger partial charge in [0.25, 0.3) is 0 Å². The van der Waals surface area contributed by atoms with Gasteiger partial charge in [0.05, 0.1) is 0 Å². The quantitative estimate of drug-likeness (QED) is 0.807. The number of aliphatic carboxylic acids is 1. The number of carboxylic acids is 1. The molecule has 1 aliphatic heterocycles. The van der Waals surface area contributed by atoms with Gasteiger partial charge in [0.2, 0.25) is 0 Å². The first kappa shape index (κ1) is 13.2. The van der Waals surface area contributed by atoms with Crippen molar-refractivity contribution < 1.29 is 14.7 Å². The van der Waals surface area contributed by atoms with Crippen LogP contribution in [-0.2, 0) is 4.79 Å². The van der Waals surface area contributed by atoms with Gasteiger partial charge in [-0.15, -0.1) is 0 Å². The lowest BCUT2D eigenvalue weighted by Crippen LogP contribution is -2.48. The van der Waals surface area contributed by atoms with Gasteiger partial charge < -0.3 is 15.3 Å². The van der Waals surface area contributed by atoms with E-state index in [0.717, 1.165) is 19.3 Å². The number of hydrogen-bond donors (Lipinski definition) is 2. The molecule has 2 aliphatic rings. The molecule has 0 aromatic rings. The van der Waals surface area contributed by atoms with E-state index in [1.807, 2.05) is 0 Å². The number of carbonyl (C=O) groups excluding carboxylic acids is 1. The predicted octanol–water partition coefficient (Wildman–Crippen LogP) is 1.83. The van der Waals surface area contributed by atoms with Gasteiger partial charge in [-0.2, -0.15) is 0 Å². The number of likely N-dealkylation sites (tertiary alicyclic amines) is 1. The monoisotopic (exact) mass is 254 g/mol. The average Bonchev–Trinajstić information content (AvgIpc) is 2.95. The fourth-order valence-corrected chi connectivity index (χ4v) is 3.06. The van der Waals surface area contributed by atoms with E-state index in [1.165, 1.54) is 17.7 Å². The van der Waals surface area contributed by atoms with Crippen LogP contribution in [0.2, 0.25) is 0 Å². The van der Waals surface area contributed by atoms with E-state index in [-0.39, 0.29) is 11.4 Å². The molecule has 2 amide bonds. The van der Waals surface area contributed by atoms with Gasteiger partial charge >= 0.3 is 12.0 Å². The van der Waals surface area contributed by atoms with Crippen LogP contribution in [0.5, 0.6) is 0 Å². The lowest BCUT2D eigenvalue weighted by molar-refractivity contribution is -0.141. The highest BCUT2D eigenvalue weighted by Gasteiger charge is 2.35. The molecule has 5 nitrogen and oxygen atoms in total. The Bertz CT molecular complexity index is 337. The number of carbonyl (C=O) groups is 2. The molecule has 2 rings (SSSR count). The molecule has 102 valence electrons. The number of rotatable bonds is 3. The zero-order valence-corrected chi connectivity index (χ0v) is 10.9. The first-order chi connectivity index (χ1) is 8.52. The molecule has 1 saturated carbocycles. The van der Waals surface area contributed by atoms with Gasteiger partial charge in [0.1, 0.15) is 6.04 Å². The number of amides is 2. The second-order valence-corrected chi connectivity index (χ2v) is 5.87. The van der Waals surface area contributed by atoms with E-state index in [2.05, 4.69) is 12.2 Å². The van der Waals surface area contributed by atoms with Crippen LogP contribution in [0, 0.1) is 5.41 Å². The molecule has 0 bridgehead atoms. The predicted molar refractivity (Wildman–Crippen MR) is 67.3 cm³/mol. The van der Waals surface area contributed by atoms with Crippen molar-refractivity contribution in [3.8, 4) is 0 Å². The number of urea groups is 1. The second kappa shape index (κ2) is 5.16. The minimum absolute atomic E-state index is 0.202. The van der Waals surface area contributed by atoms with Crippen LogP contribution in [0.4, 0.5) is 4.79 Å². The van der Waals surface area contributed by atoms with Crippen molar-refractivity contribution in [2.24, 2.45) is 5.41 Å². The highest BCUT2D eigenvalue weighted by atomic mass is 16.4. The Morgan fingerprint density at radius 1 is 1.33 bits per heavy atom. The third-order valence-corrected chi connectivity index (χ3v) is 4.28. The zero-order chi connectivity index (χ0) is 13.2. The van der Waals surface area contributed by atoms with Crippen LogP contribution in [0.3, 0.4) is 0 Å². The first-order valence-corrected chi connectivity index (χ1v) is 6.79. The molecular weight excluding hydrogens is 232 g/mol. The molecule has 0 radical (unpaired) electrons. The molecule has 0 aromatic carbocycles.